The van der Waals surface area contributed by atoms with E-state index in [0.717, 1.165) is 73.0 Å². The van der Waals surface area contributed by atoms with Crippen molar-refractivity contribution in [2.45, 2.75) is 12.8 Å². The van der Waals surface area contributed by atoms with Crippen LogP contribution in [-0.2, 0) is 13.5 Å². The van der Waals surface area contributed by atoms with Crippen LogP contribution in [0, 0.1) is 0 Å². The fourth-order valence-electron chi connectivity index (χ4n) is 4.61. The first-order valence-electron chi connectivity index (χ1n) is 11.9. The zero-order chi connectivity index (χ0) is 23.6. The monoisotopic (exact) mass is 465 g/mol. The average molecular weight is 466 g/mol. The third-order valence-electron chi connectivity index (χ3n) is 6.45. The van der Waals surface area contributed by atoms with Crippen LogP contribution in [0.25, 0.3) is 16.8 Å². The SMILES string of the molecule is Cn1cc(-c2cn3ncc(N4CCCN(c5ncc(Cc6ccccc6)cn5)CC4)c3cn2)cn1. The van der Waals surface area contributed by atoms with E-state index in [2.05, 4.69) is 59.2 Å². The highest BCUT2D eigenvalue weighted by molar-refractivity contribution is 5.73. The molecule has 1 fully saturated rings. The van der Waals surface area contributed by atoms with Crippen LogP contribution in [0.2, 0.25) is 0 Å². The van der Waals surface area contributed by atoms with Crippen molar-refractivity contribution in [1.82, 2.24) is 34.3 Å². The summed E-state index contributed by atoms with van der Waals surface area (Å²) < 4.78 is 3.68. The van der Waals surface area contributed by atoms with Crippen molar-refractivity contribution in [1.29, 1.82) is 0 Å². The van der Waals surface area contributed by atoms with E-state index in [1.54, 1.807) is 4.68 Å². The standard InChI is InChI=1S/C26H27N9/c1-32-18-22(15-30-32)23-19-35-25(16-27-23)24(17-31-35)33-8-5-9-34(11-10-33)26-28-13-21(14-29-26)12-20-6-3-2-4-7-20/h2-4,6-7,13-19H,5,8-12H2,1H3. The number of fused-ring (bicyclic) bond motifs is 1. The van der Waals surface area contributed by atoms with Crippen molar-refractivity contribution in [3.8, 4) is 11.3 Å². The van der Waals surface area contributed by atoms with E-state index < -0.39 is 0 Å². The number of nitrogens with zero attached hydrogens (tertiary/aromatic N) is 9. The quantitative estimate of drug-likeness (QED) is 0.394. The van der Waals surface area contributed by atoms with Gasteiger partial charge in [-0.2, -0.15) is 10.2 Å². The lowest BCUT2D eigenvalue weighted by Gasteiger charge is -2.22. The van der Waals surface area contributed by atoms with E-state index in [0.29, 0.717) is 0 Å². The number of benzene rings is 1. The second-order valence-corrected chi connectivity index (χ2v) is 8.92. The van der Waals surface area contributed by atoms with Crippen LogP contribution in [0.15, 0.2) is 73.7 Å². The number of rotatable bonds is 5. The van der Waals surface area contributed by atoms with Gasteiger partial charge in [-0.15, -0.1) is 0 Å². The Labute approximate surface area is 203 Å². The average Bonchev–Trinajstić information content (AvgIpc) is 3.44. The third-order valence-corrected chi connectivity index (χ3v) is 6.45. The Balaban J connectivity index is 1.15. The van der Waals surface area contributed by atoms with Crippen LogP contribution in [0.4, 0.5) is 11.6 Å². The molecular formula is C26H27N9. The van der Waals surface area contributed by atoms with E-state index in [-0.39, 0.29) is 0 Å². The van der Waals surface area contributed by atoms with Crippen molar-refractivity contribution in [3.05, 3.63) is 84.8 Å². The van der Waals surface area contributed by atoms with Gasteiger partial charge in [0.15, 0.2) is 0 Å². The van der Waals surface area contributed by atoms with Crippen molar-refractivity contribution in [2.24, 2.45) is 7.05 Å². The molecule has 35 heavy (non-hydrogen) atoms. The first-order chi connectivity index (χ1) is 17.2. The molecule has 0 amide bonds. The summed E-state index contributed by atoms with van der Waals surface area (Å²) in [6.45, 7) is 3.61. The van der Waals surface area contributed by atoms with Crippen LogP contribution >= 0.6 is 0 Å². The van der Waals surface area contributed by atoms with E-state index in [9.17, 15) is 0 Å². The minimum absolute atomic E-state index is 0.798. The predicted molar refractivity (Wildman–Crippen MR) is 136 cm³/mol. The molecular weight excluding hydrogens is 438 g/mol. The minimum atomic E-state index is 0.798. The van der Waals surface area contributed by atoms with Crippen LogP contribution < -0.4 is 9.80 Å². The van der Waals surface area contributed by atoms with Gasteiger partial charge in [-0.05, 0) is 17.5 Å². The van der Waals surface area contributed by atoms with Gasteiger partial charge in [0.05, 0.1) is 36.2 Å². The predicted octanol–water partition coefficient (Wildman–Crippen LogP) is 3.23. The molecule has 4 aromatic heterocycles. The van der Waals surface area contributed by atoms with Crippen molar-refractivity contribution < 1.29 is 0 Å². The van der Waals surface area contributed by atoms with Gasteiger partial charge in [-0.3, -0.25) is 9.67 Å². The lowest BCUT2D eigenvalue weighted by molar-refractivity contribution is 0.768. The van der Waals surface area contributed by atoms with E-state index in [1.165, 1.54) is 5.56 Å². The summed E-state index contributed by atoms with van der Waals surface area (Å²) in [7, 11) is 1.90. The number of aryl methyl sites for hydroxylation is 1. The maximum atomic E-state index is 4.68. The second kappa shape index (κ2) is 9.17. The van der Waals surface area contributed by atoms with Crippen LogP contribution in [-0.4, -0.2) is 60.5 Å². The van der Waals surface area contributed by atoms with Gasteiger partial charge >= 0.3 is 0 Å². The molecule has 0 aliphatic carbocycles. The maximum absolute atomic E-state index is 4.68. The normalized spacial score (nSPS) is 14.4. The summed E-state index contributed by atoms with van der Waals surface area (Å²) in [5.74, 6) is 0.798. The van der Waals surface area contributed by atoms with Gasteiger partial charge in [-0.25, -0.2) is 14.5 Å². The number of anilines is 2. The molecule has 1 aliphatic heterocycles. The molecule has 5 heterocycles. The summed E-state index contributed by atoms with van der Waals surface area (Å²) in [5, 5.41) is 8.85. The number of hydrogen-bond acceptors (Lipinski definition) is 7. The number of aromatic nitrogens is 7. The topological polar surface area (TPSA) is 80.3 Å². The van der Waals surface area contributed by atoms with E-state index in [4.69, 9.17) is 0 Å². The summed E-state index contributed by atoms with van der Waals surface area (Å²) in [4.78, 5) is 18.7. The van der Waals surface area contributed by atoms with Crippen molar-refractivity contribution in [2.75, 3.05) is 36.0 Å². The lowest BCUT2D eigenvalue weighted by atomic mass is 10.1. The molecule has 0 spiro atoms. The summed E-state index contributed by atoms with van der Waals surface area (Å²) in [5.41, 5.74) is 6.34. The summed E-state index contributed by atoms with van der Waals surface area (Å²) >= 11 is 0. The van der Waals surface area contributed by atoms with Crippen molar-refractivity contribution in [3.63, 3.8) is 0 Å². The van der Waals surface area contributed by atoms with Gasteiger partial charge in [0.1, 0.15) is 5.52 Å². The molecule has 1 saturated heterocycles. The van der Waals surface area contributed by atoms with Gasteiger partial charge in [0.2, 0.25) is 5.95 Å². The molecule has 9 heteroatoms. The molecule has 0 bridgehead atoms. The molecule has 0 N–H and O–H groups in total. The number of hydrogen-bond donors (Lipinski definition) is 0. The highest BCUT2D eigenvalue weighted by Gasteiger charge is 2.20. The summed E-state index contributed by atoms with van der Waals surface area (Å²) in [6.07, 6.45) is 15.4. The van der Waals surface area contributed by atoms with Crippen LogP contribution in [0.5, 0.6) is 0 Å². The molecule has 0 radical (unpaired) electrons. The second-order valence-electron chi connectivity index (χ2n) is 8.92. The van der Waals surface area contributed by atoms with Crippen LogP contribution in [0.1, 0.15) is 17.5 Å². The smallest absolute Gasteiger partial charge is 0.225 e. The molecule has 0 unspecified atom stereocenters. The fraction of sp³-hybridized carbons (Fsp3) is 0.269. The van der Waals surface area contributed by atoms with Gasteiger partial charge in [0.25, 0.3) is 0 Å². The highest BCUT2D eigenvalue weighted by atomic mass is 15.3. The van der Waals surface area contributed by atoms with Crippen LogP contribution in [0.3, 0.4) is 0 Å². The highest BCUT2D eigenvalue weighted by Crippen LogP contribution is 2.25. The molecule has 9 nitrogen and oxygen atoms in total. The Hall–Kier alpha value is -4.27. The first-order valence-corrected chi connectivity index (χ1v) is 11.9. The zero-order valence-electron chi connectivity index (χ0n) is 19.7. The van der Waals surface area contributed by atoms with Gasteiger partial charge in [0, 0.05) is 63.8 Å². The Kier molecular flexibility index (Phi) is 5.57. The molecule has 6 rings (SSSR count). The Morgan fingerprint density at radius 1 is 0.743 bits per heavy atom. The Morgan fingerprint density at radius 3 is 2.34 bits per heavy atom. The Bertz CT molecular complexity index is 1420. The van der Waals surface area contributed by atoms with Gasteiger partial charge < -0.3 is 9.80 Å². The zero-order valence-corrected chi connectivity index (χ0v) is 19.7. The Morgan fingerprint density at radius 2 is 1.54 bits per heavy atom. The lowest BCUT2D eigenvalue weighted by Crippen LogP contribution is -2.31. The van der Waals surface area contributed by atoms with Gasteiger partial charge in [-0.1, -0.05) is 30.3 Å². The maximum Gasteiger partial charge on any atom is 0.225 e. The minimum Gasteiger partial charge on any atom is -0.367 e. The molecule has 0 atom stereocenters. The van der Waals surface area contributed by atoms with Crippen molar-refractivity contribution >= 4 is 17.2 Å². The molecule has 176 valence electrons. The molecule has 5 aromatic rings. The summed E-state index contributed by atoms with van der Waals surface area (Å²) in [6, 6.07) is 10.4. The molecule has 0 saturated carbocycles. The molecule has 1 aromatic carbocycles. The first kappa shape index (κ1) is 21.3. The van der Waals surface area contributed by atoms with E-state index >= 15 is 0 Å². The third kappa shape index (κ3) is 4.44. The molecule has 1 aliphatic rings. The fourth-order valence-corrected chi connectivity index (χ4v) is 4.61. The van der Waals surface area contributed by atoms with E-state index in [1.807, 2.05) is 61.0 Å². The largest absolute Gasteiger partial charge is 0.367 e.